The van der Waals surface area contributed by atoms with Gasteiger partial charge in [0, 0.05) is 26.3 Å². The molecule has 2 aromatic rings. The Bertz CT molecular complexity index is 787. The van der Waals surface area contributed by atoms with Crippen LogP contribution in [0.25, 0.3) is 0 Å². The van der Waals surface area contributed by atoms with E-state index in [2.05, 4.69) is 5.32 Å². The van der Waals surface area contributed by atoms with Gasteiger partial charge in [-0.25, -0.2) is 4.79 Å². The zero-order valence-electron chi connectivity index (χ0n) is 15.3. The van der Waals surface area contributed by atoms with Crippen molar-refractivity contribution in [2.75, 3.05) is 32.2 Å². The predicted molar refractivity (Wildman–Crippen MR) is 101 cm³/mol. The second-order valence-electron chi connectivity index (χ2n) is 5.94. The van der Waals surface area contributed by atoms with Crippen LogP contribution in [0.3, 0.4) is 0 Å². The van der Waals surface area contributed by atoms with Crippen LogP contribution >= 0.6 is 0 Å². The Morgan fingerprint density at radius 1 is 1.04 bits per heavy atom. The number of aldehydes is 1. The number of hydrogen-bond donors (Lipinski definition) is 1. The highest BCUT2D eigenvalue weighted by atomic mass is 16.6. The van der Waals surface area contributed by atoms with Crippen LogP contribution in [-0.4, -0.2) is 45.5 Å². The number of carbonyl (C=O) groups excluding carboxylic acids is 3. The molecule has 0 unspecified atom stereocenters. The number of anilines is 1. The molecule has 2 aromatic carbocycles. The maximum absolute atomic E-state index is 11.8. The molecule has 0 bridgehead atoms. The van der Waals surface area contributed by atoms with E-state index in [1.54, 1.807) is 24.3 Å². The van der Waals surface area contributed by atoms with Gasteiger partial charge in [-0.2, -0.15) is 0 Å². The number of para-hydroxylation sites is 1. The summed E-state index contributed by atoms with van der Waals surface area (Å²) in [5.41, 5.74) is 2.34. The molecule has 0 radical (unpaired) electrons. The van der Waals surface area contributed by atoms with Gasteiger partial charge in [0.1, 0.15) is 5.75 Å². The Morgan fingerprint density at radius 3 is 2.41 bits per heavy atom. The average molecular weight is 370 g/mol. The molecule has 0 atom stereocenters. The van der Waals surface area contributed by atoms with Gasteiger partial charge in [0.25, 0.3) is 5.91 Å². The second kappa shape index (κ2) is 9.96. The Hall–Kier alpha value is -3.35. The van der Waals surface area contributed by atoms with Crippen molar-refractivity contribution in [2.24, 2.45) is 0 Å². The molecule has 27 heavy (non-hydrogen) atoms. The molecule has 142 valence electrons. The summed E-state index contributed by atoms with van der Waals surface area (Å²) in [4.78, 5) is 36.3. The highest BCUT2D eigenvalue weighted by molar-refractivity contribution is 5.81. The van der Waals surface area contributed by atoms with Crippen LogP contribution in [-0.2, 0) is 20.9 Å². The van der Waals surface area contributed by atoms with E-state index in [0.29, 0.717) is 18.4 Å². The fraction of sp³-hybridized carbons (Fsp3) is 0.250. The third-order valence-electron chi connectivity index (χ3n) is 3.70. The summed E-state index contributed by atoms with van der Waals surface area (Å²) in [5, 5.41) is 2.68. The standard InChI is InChI=1S/C20H22N2O5/c1-22(2)17-9-7-15(8-10-17)11-21-19(24)13-27-20(25)14-26-18-6-4-3-5-16(18)12-23/h3-10,12H,11,13-14H2,1-2H3,(H,21,24). The topological polar surface area (TPSA) is 84.9 Å². The molecule has 0 aliphatic heterocycles. The second-order valence-corrected chi connectivity index (χ2v) is 5.94. The zero-order valence-corrected chi connectivity index (χ0v) is 15.3. The van der Waals surface area contributed by atoms with E-state index >= 15 is 0 Å². The monoisotopic (exact) mass is 370 g/mol. The van der Waals surface area contributed by atoms with Crippen LogP contribution < -0.4 is 15.0 Å². The fourth-order valence-corrected chi connectivity index (χ4v) is 2.20. The number of amides is 1. The minimum Gasteiger partial charge on any atom is -0.481 e. The zero-order chi connectivity index (χ0) is 19.6. The smallest absolute Gasteiger partial charge is 0.344 e. The molecule has 1 N–H and O–H groups in total. The number of rotatable bonds is 9. The van der Waals surface area contributed by atoms with Gasteiger partial charge in [-0.15, -0.1) is 0 Å². The first-order chi connectivity index (χ1) is 13.0. The van der Waals surface area contributed by atoms with E-state index in [0.717, 1.165) is 11.3 Å². The number of hydrogen-bond acceptors (Lipinski definition) is 6. The molecular weight excluding hydrogens is 348 g/mol. The van der Waals surface area contributed by atoms with Crippen molar-refractivity contribution in [3.63, 3.8) is 0 Å². The molecule has 2 rings (SSSR count). The first kappa shape index (κ1) is 20.0. The highest BCUT2D eigenvalue weighted by Gasteiger charge is 2.10. The number of nitrogens with one attached hydrogen (secondary N) is 1. The van der Waals surface area contributed by atoms with Crippen molar-refractivity contribution in [3.05, 3.63) is 59.7 Å². The van der Waals surface area contributed by atoms with Crippen LogP contribution in [0.2, 0.25) is 0 Å². The van der Waals surface area contributed by atoms with Gasteiger partial charge in [0.2, 0.25) is 0 Å². The summed E-state index contributed by atoms with van der Waals surface area (Å²) in [6.07, 6.45) is 0.638. The molecular formula is C20H22N2O5. The molecule has 7 heteroatoms. The minimum atomic E-state index is -0.693. The van der Waals surface area contributed by atoms with Crippen molar-refractivity contribution < 1.29 is 23.9 Å². The third kappa shape index (κ3) is 6.47. The lowest BCUT2D eigenvalue weighted by Gasteiger charge is -2.13. The summed E-state index contributed by atoms with van der Waals surface area (Å²) in [7, 11) is 3.90. The first-order valence-corrected chi connectivity index (χ1v) is 8.35. The number of ether oxygens (including phenoxy) is 2. The van der Waals surface area contributed by atoms with Gasteiger partial charge in [-0.05, 0) is 29.8 Å². The lowest BCUT2D eigenvalue weighted by Crippen LogP contribution is -2.29. The summed E-state index contributed by atoms with van der Waals surface area (Å²) in [5.74, 6) is -0.815. The Balaban J connectivity index is 1.70. The highest BCUT2D eigenvalue weighted by Crippen LogP contribution is 2.15. The van der Waals surface area contributed by atoms with E-state index in [4.69, 9.17) is 9.47 Å². The molecule has 0 heterocycles. The van der Waals surface area contributed by atoms with Crippen molar-refractivity contribution in [1.82, 2.24) is 5.32 Å². The van der Waals surface area contributed by atoms with Crippen molar-refractivity contribution in [2.45, 2.75) is 6.54 Å². The van der Waals surface area contributed by atoms with Crippen LogP contribution in [0, 0.1) is 0 Å². The van der Waals surface area contributed by atoms with Crippen molar-refractivity contribution >= 4 is 23.9 Å². The van der Waals surface area contributed by atoms with Crippen molar-refractivity contribution in [3.8, 4) is 5.75 Å². The van der Waals surface area contributed by atoms with Gasteiger partial charge in [0.05, 0.1) is 5.56 Å². The van der Waals surface area contributed by atoms with Crippen LogP contribution in [0.4, 0.5) is 5.69 Å². The fourth-order valence-electron chi connectivity index (χ4n) is 2.20. The van der Waals surface area contributed by atoms with Crippen LogP contribution in [0.1, 0.15) is 15.9 Å². The van der Waals surface area contributed by atoms with Crippen LogP contribution in [0.15, 0.2) is 48.5 Å². The van der Waals surface area contributed by atoms with E-state index < -0.39 is 18.5 Å². The predicted octanol–water partition coefficient (Wildman–Crippen LogP) is 1.80. The summed E-state index contributed by atoms with van der Waals surface area (Å²) in [6, 6.07) is 14.3. The molecule has 0 aliphatic carbocycles. The van der Waals surface area contributed by atoms with E-state index in [1.165, 1.54) is 0 Å². The number of nitrogens with zero attached hydrogens (tertiary/aromatic N) is 1. The van der Waals surface area contributed by atoms with Crippen LogP contribution in [0.5, 0.6) is 5.75 Å². The van der Waals surface area contributed by atoms with Gasteiger partial charge in [-0.1, -0.05) is 24.3 Å². The Labute approximate surface area is 157 Å². The number of carbonyl (C=O) groups is 3. The molecule has 0 saturated carbocycles. The molecule has 0 aromatic heterocycles. The lowest BCUT2D eigenvalue weighted by molar-refractivity contribution is -0.150. The number of benzene rings is 2. The average Bonchev–Trinajstić information content (AvgIpc) is 2.69. The van der Waals surface area contributed by atoms with Crippen molar-refractivity contribution in [1.29, 1.82) is 0 Å². The van der Waals surface area contributed by atoms with Gasteiger partial charge >= 0.3 is 5.97 Å². The summed E-state index contributed by atoms with van der Waals surface area (Å²) >= 11 is 0. The lowest BCUT2D eigenvalue weighted by atomic mass is 10.2. The molecule has 7 nitrogen and oxygen atoms in total. The van der Waals surface area contributed by atoms with Gasteiger partial charge < -0.3 is 19.7 Å². The molecule has 0 fully saturated rings. The quantitative estimate of drug-likeness (QED) is 0.535. The largest absolute Gasteiger partial charge is 0.481 e. The Kier molecular flexibility index (Phi) is 7.37. The minimum absolute atomic E-state index is 0.287. The molecule has 0 aliphatic rings. The first-order valence-electron chi connectivity index (χ1n) is 8.35. The summed E-state index contributed by atoms with van der Waals surface area (Å²) in [6.45, 7) is -0.440. The SMILES string of the molecule is CN(C)c1ccc(CNC(=O)COC(=O)COc2ccccc2C=O)cc1. The maximum Gasteiger partial charge on any atom is 0.344 e. The normalized spacial score (nSPS) is 10.0. The third-order valence-corrected chi connectivity index (χ3v) is 3.70. The summed E-state index contributed by atoms with van der Waals surface area (Å²) < 4.78 is 10.1. The Morgan fingerprint density at radius 2 is 1.74 bits per heavy atom. The molecule has 0 spiro atoms. The van der Waals surface area contributed by atoms with Gasteiger partial charge in [0.15, 0.2) is 19.5 Å². The molecule has 1 amide bonds. The van der Waals surface area contributed by atoms with E-state index in [1.807, 2.05) is 43.3 Å². The maximum atomic E-state index is 11.8. The molecule has 0 saturated heterocycles. The van der Waals surface area contributed by atoms with E-state index in [-0.39, 0.29) is 12.4 Å². The van der Waals surface area contributed by atoms with Gasteiger partial charge in [-0.3, -0.25) is 9.59 Å². The van der Waals surface area contributed by atoms with E-state index in [9.17, 15) is 14.4 Å². The number of esters is 1.